The maximum atomic E-state index is 4.82. The van der Waals surface area contributed by atoms with Crippen molar-refractivity contribution in [3.05, 3.63) is 83.4 Å². The Morgan fingerprint density at radius 3 is 2.22 bits per heavy atom. The van der Waals surface area contributed by atoms with E-state index in [-0.39, 0.29) is 18.4 Å². The third-order valence-electron chi connectivity index (χ3n) is 6.78. The normalized spacial score (nSPS) is 18.2. The van der Waals surface area contributed by atoms with Crippen LogP contribution in [0.2, 0.25) is 6.82 Å². The number of hydrogen-bond donors (Lipinski definition) is 0. The van der Waals surface area contributed by atoms with Crippen molar-refractivity contribution in [2.75, 3.05) is 9.91 Å². The van der Waals surface area contributed by atoms with Crippen molar-refractivity contribution in [1.29, 1.82) is 0 Å². The van der Waals surface area contributed by atoms with Crippen molar-refractivity contribution in [2.45, 2.75) is 47.6 Å². The largest absolute Gasteiger partial charge is 0.326 e. The zero-order valence-electron chi connectivity index (χ0n) is 19.9. The van der Waals surface area contributed by atoms with Crippen molar-refractivity contribution in [1.82, 2.24) is 9.90 Å². The molecule has 0 fully saturated rings. The number of pyridine rings is 1. The molecule has 2 aliphatic rings. The smallest absolute Gasteiger partial charge is 0.307 e. The molecule has 0 unspecified atom stereocenters. The summed E-state index contributed by atoms with van der Waals surface area (Å²) in [7, 11) is 0. The molecule has 0 aliphatic carbocycles. The molecule has 3 aromatic rings. The lowest BCUT2D eigenvalue weighted by Crippen LogP contribution is -2.60. The van der Waals surface area contributed by atoms with Gasteiger partial charge in [0.1, 0.15) is 11.9 Å². The highest BCUT2D eigenvalue weighted by atomic mass is 15.7. The minimum Gasteiger partial charge on any atom is -0.326 e. The molecule has 4 nitrogen and oxygen atoms in total. The lowest BCUT2D eigenvalue weighted by Gasteiger charge is -2.47. The Bertz CT molecular complexity index is 1280. The predicted molar refractivity (Wildman–Crippen MR) is 136 cm³/mol. The highest BCUT2D eigenvalue weighted by molar-refractivity contribution is 6.75. The lowest BCUT2D eigenvalue weighted by molar-refractivity contribution is 0.473. The van der Waals surface area contributed by atoms with Crippen LogP contribution in [0.15, 0.2) is 72.9 Å². The Morgan fingerprint density at radius 2 is 1.53 bits per heavy atom. The van der Waals surface area contributed by atoms with E-state index in [1.807, 2.05) is 12.3 Å². The van der Waals surface area contributed by atoms with Crippen LogP contribution < -0.4 is 20.3 Å². The summed E-state index contributed by atoms with van der Waals surface area (Å²) in [5.74, 6) is 1.00. The summed E-state index contributed by atoms with van der Waals surface area (Å²) in [6.07, 6.45) is 1.98. The molecule has 5 heteroatoms. The van der Waals surface area contributed by atoms with Gasteiger partial charge >= 0.3 is 6.85 Å². The minimum atomic E-state index is 0.0499. The van der Waals surface area contributed by atoms with Crippen molar-refractivity contribution in [3.63, 3.8) is 0 Å². The summed E-state index contributed by atoms with van der Waals surface area (Å²) in [6, 6.07) is 23.7. The molecular formula is C27H31BN4. The number of anilines is 3. The number of hydrazine groups is 1. The molecule has 0 radical (unpaired) electrons. The predicted octanol–water partition coefficient (Wildman–Crippen LogP) is 4.80. The van der Waals surface area contributed by atoms with Gasteiger partial charge in [0.15, 0.2) is 5.82 Å². The van der Waals surface area contributed by atoms with E-state index in [0.717, 1.165) is 17.2 Å². The standard InChI is InChI=1S/C27H31BN4/c1-19-22-15-10-11-16-23(22)25(27(3,4)5)28(6)32(19)31-20(2)30(21-13-8-7-9-14-21)26-24(31)17-12-18-29-26/h7-18,20H,1-6H3/t20-/m0/s1. The maximum Gasteiger partial charge on any atom is 0.307 e. The molecule has 0 amide bonds. The third-order valence-corrected chi connectivity index (χ3v) is 6.78. The molecule has 1 aromatic heterocycles. The van der Waals surface area contributed by atoms with Crippen LogP contribution in [0.1, 0.15) is 34.6 Å². The van der Waals surface area contributed by atoms with Crippen molar-refractivity contribution < 1.29 is 0 Å². The molecule has 0 saturated carbocycles. The van der Waals surface area contributed by atoms with Gasteiger partial charge in [-0.1, -0.05) is 75.5 Å². The SMILES string of the molecule is CB1C(C(C)(C)C)=c2ccccc2=C(C)N1N1c2cccnc2N(c2ccccc2)[C@@H]1C. The Kier molecular flexibility index (Phi) is 4.81. The van der Waals surface area contributed by atoms with Crippen LogP contribution >= 0.6 is 0 Å². The molecule has 3 heterocycles. The van der Waals surface area contributed by atoms with Crippen molar-refractivity contribution >= 4 is 35.2 Å². The van der Waals surface area contributed by atoms with Gasteiger partial charge in [-0.15, -0.1) is 0 Å². The summed E-state index contributed by atoms with van der Waals surface area (Å²) in [4.78, 5) is 9.65. The molecule has 2 aliphatic heterocycles. The van der Waals surface area contributed by atoms with Crippen LogP contribution in [-0.4, -0.2) is 22.9 Å². The molecule has 5 rings (SSSR count). The van der Waals surface area contributed by atoms with E-state index in [9.17, 15) is 0 Å². The molecule has 0 saturated heterocycles. The molecule has 2 aromatic carbocycles. The fourth-order valence-corrected chi connectivity index (χ4v) is 5.64. The Morgan fingerprint density at radius 1 is 0.875 bits per heavy atom. The van der Waals surface area contributed by atoms with Gasteiger partial charge in [-0.3, -0.25) is 5.01 Å². The number of benzene rings is 2. The maximum absolute atomic E-state index is 4.82. The zero-order chi connectivity index (χ0) is 22.6. The fourth-order valence-electron chi connectivity index (χ4n) is 5.64. The highest BCUT2D eigenvalue weighted by Gasteiger charge is 2.44. The van der Waals surface area contributed by atoms with Gasteiger partial charge in [-0.25, -0.2) is 4.98 Å². The number of hydrogen-bond acceptors (Lipinski definition) is 4. The van der Waals surface area contributed by atoms with Crippen LogP contribution in [-0.2, 0) is 0 Å². The number of fused-ring (bicyclic) bond motifs is 2. The highest BCUT2D eigenvalue weighted by Crippen LogP contribution is 2.45. The van der Waals surface area contributed by atoms with Gasteiger partial charge < -0.3 is 9.82 Å². The summed E-state index contributed by atoms with van der Waals surface area (Å²) in [5, 5.41) is 5.13. The topological polar surface area (TPSA) is 22.6 Å². The molecule has 1 atom stereocenters. The third kappa shape index (κ3) is 3.02. The van der Waals surface area contributed by atoms with Crippen molar-refractivity contribution in [2.24, 2.45) is 5.41 Å². The van der Waals surface area contributed by atoms with E-state index < -0.39 is 0 Å². The summed E-state index contributed by atoms with van der Waals surface area (Å²) in [6.45, 7) is 14.1. The molecular weight excluding hydrogens is 391 g/mol. The van der Waals surface area contributed by atoms with Gasteiger partial charge in [-0.05, 0) is 48.7 Å². The number of para-hydroxylation sites is 1. The Labute approximate surface area is 191 Å². The minimum absolute atomic E-state index is 0.0499. The van der Waals surface area contributed by atoms with Crippen LogP contribution in [0.4, 0.5) is 17.2 Å². The van der Waals surface area contributed by atoms with E-state index in [2.05, 4.69) is 117 Å². The van der Waals surface area contributed by atoms with Gasteiger partial charge in [-0.2, -0.15) is 0 Å². The van der Waals surface area contributed by atoms with E-state index in [1.165, 1.54) is 21.6 Å². The number of nitrogens with zero attached hydrogens (tertiary/aromatic N) is 4. The van der Waals surface area contributed by atoms with E-state index in [1.54, 1.807) is 0 Å². The fraction of sp³-hybridized carbons (Fsp3) is 0.296. The quantitative estimate of drug-likeness (QED) is 0.554. The second-order valence-electron chi connectivity index (χ2n) is 9.84. The van der Waals surface area contributed by atoms with E-state index in [4.69, 9.17) is 4.98 Å². The van der Waals surface area contributed by atoms with Crippen LogP contribution in [0.5, 0.6) is 0 Å². The van der Waals surface area contributed by atoms with Gasteiger partial charge in [0.05, 0.1) is 0 Å². The second kappa shape index (κ2) is 7.44. The van der Waals surface area contributed by atoms with Crippen LogP contribution in [0.3, 0.4) is 0 Å². The van der Waals surface area contributed by atoms with Gasteiger partial charge in [0.2, 0.25) is 0 Å². The average Bonchev–Trinajstić information content (AvgIpc) is 3.05. The average molecular weight is 422 g/mol. The first-order valence-corrected chi connectivity index (χ1v) is 11.5. The Hall–Kier alpha value is -3.21. The van der Waals surface area contributed by atoms with Gasteiger partial charge in [0, 0.05) is 22.8 Å². The summed E-state index contributed by atoms with van der Waals surface area (Å²) < 4.78 is 0. The summed E-state index contributed by atoms with van der Waals surface area (Å²) >= 11 is 0. The second-order valence-corrected chi connectivity index (χ2v) is 9.84. The van der Waals surface area contributed by atoms with Crippen molar-refractivity contribution in [3.8, 4) is 0 Å². The summed E-state index contributed by atoms with van der Waals surface area (Å²) in [5.41, 5.74) is 5.09. The first-order chi connectivity index (χ1) is 15.3. The van der Waals surface area contributed by atoms with Crippen LogP contribution in [0, 0.1) is 5.41 Å². The molecule has 0 bridgehead atoms. The van der Waals surface area contributed by atoms with E-state index >= 15 is 0 Å². The van der Waals surface area contributed by atoms with Crippen LogP contribution in [0.25, 0.3) is 11.2 Å². The van der Waals surface area contributed by atoms with Gasteiger partial charge in [0.25, 0.3) is 0 Å². The zero-order valence-corrected chi connectivity index (χ0v) is 19.9. The van der Waals surface area contributed by atoms with E-state index in [0.29, 0.717) is 0 Å². The number of aromatic nitrogens is 1. The molecule has 32 heavy (non-hydrogen) atoms. The molecule has 162 valence electrons. The first-order valence-electron chi connectivity index (χ1n) is 11.5. The first kappa shape index (κ1) is 20.7. The Balaban J connectivity index is 1.73. The molecule has 0 spiro atoms. The monoisotopic (exact) mass is 422 g/mol. The number of rotatable bonds is 2. The lowest BCUT2D eigenvalue weighted by atomic mass is 9.48. The molecule has 0 N–H and O–H groups in total.